The minimum Gasteiger partial charge on any atom is -0.368 e. The lowest BCUT2D eigenvalue weighted by atomic mass is 10.1. The van der Waals surface area contributed by atoms with Gasteiger partial charge in [0.2, 0.25) is 0 Å². The molecule has 0 saturated carbocycles. The van der Waals surface area contributed by atoms with Crippen molar-refractivity contribution in [3.8, 4) is 0 Å². The summed E-state index contributed by atoms with van der Waals surface area (Å²) < 4.78 is 5.16. The van der Waals surface area contributed by atoms with Crippen molar-refractivity contribution in [2.75, 3.05) is 37.0 Å². The van der Waals surface area contributed by atoms with Crippen LogP contribution in [0.3, 0.4) is 0 Å². The van der Waals surface area contributed by atoms with Crippen molar-refractivity contribution in [3.05, 3.63) is 46.8 Å². The number of aryl methyl sites for hydroxylation is 3. The number of anilines is 1. The van der Waals surface area contributed by atoms with Gasteiger partial charge in [0.1, 0.15) is 5.76 Å². The summed E-state index contributed by atoms with van der Waals surface area (Å²) in [6.45, 7) is 9.21. The summed E-state index contributed by atoms with van der Waals surface area (Å²) in [5, 5.41) is 6.95. The first-order valence-corrected chi connectivity index (χ1v) is 10.0. The molecule has 0 aliphatic carbocycles. The highest BCUT2D eigenvalue weighted by atomic mass is 32.2. The van der Waals surface area contributed by atoms with Crippen LogP contribution in [0, 0.1) is 20.8 Å². The van der Waals surface area contributed by atoms with E-state index < -0.39 is 0 Å². The van der Waals surface area contributed by atoms with E-state index in [0.717, 1.165) is 48.9 Å². The molecule has 3 rings (SSSR count). The largest absolute Gasteiger partial charge is 0.368 e. The first-order valence-electron chi connectivity index (χ1n) is 8.89. The molecule has 1 aromatic heterocycles. The van der Waals surface area contributed by atoms with Gasteiger partial charge in [0.15, 0.2) is 0 Å². The number of amides is 2. The van der Waals surface area contributed by atoms with Gasteiger partial charge in [0.25, 0.3) is 0 Å². The summed E-state index contributed by atoms with van der Waals surface area (Å²) in [7, 11) is 0. The molecule has 1 saturated heterocycles. The molecule has 0 atom stereocenters. The van der Waals surface area contributed by atoms with E-state index >= 15 is 0 Å². The predicted octanol–water partition coefficient (Wildman–Crippen LogP) is 3.32. The van der Waals surface area contributed by atoms with Crippen LogP contribution in [0.2, 0.25) is 0 Å². The third-order valence-corrected chi connectivity index (χ3v) is 5.62. The number of carbonyl (C=O) groups excluding carboxylic acids is 1. The summed E-state index contributed by atoms with van der Waals surface area (Å²) in [6.07, 6.45) is 0. The van der Waals surface area contributed by atoms with Gasteiger partial charge in [-0.15, -0.1) is 11.8 Å². The first kappa shape index (κ1) is 18.6. The molecule has 0 unspecified atom stereocenters. The number of benzene rings is 1. The maximum atomic E-state index is 12.4. The number of hydrogen-bond acceptors (Lipinski definition) is 5. The van der Waals surface area contributed by atoms with Crippen molar-refractivity contribution in [1.29, 1.82) is 0 Å². The van der Waals surface area contributed by atoms with Gasteiger partial charge in [-0.3, -0.25) is 0 Å². The van der Waals surface area contributed by atoms with E-state index in [1.165, 1.54) is 11.3 Å². The normalized spacial score (nSPS) is 14.6. The average molecular weight is 375 g/mol. The van der Waals surface area contributed by atoms with Crippen molar-refractivity contribution in [1.82, 2.24) is 15.4 Å². The van der Waals surface area contributed by atoms with Gasteiger partial charge in [0.05, 0.1) is 11.6 Å². The van der Waals surface area contributed by atoms with E-state index in [0.29, 0.717) is 5.88 Å². The Morgan fingerprint density at radius 3 is 2.58 bits per heavy atom. The Bertz CT molecular complexity index is 734. The van der Waals surface area contributed by atoms with Crippen LogP contribution >= 0.6 is 11.8 Å². The lowest BCUT2D eigenvalue weighted by Gasteiger charge is -2.36. The van der Waals surface area contributed by atoms with Crippen LogP contribution in [0.1, 0.15) is 22.6 Å². The second-order valence-electron chi connectivity index (χ2n) is 6.54. The Morgan fingerprint density at radius 1 is 1.19 bits per heavy atom. The van der Waals surface area contributed by atoms with Gasteiger partial charge in [0, 0.05) is 43.2 Å². The summed E-state index contributed by atoms with van der Waals surface area (Å²) in [6, 6.07) is 8.42. The van der Waals surface area contributed by atoms with Crippen LogP contribution in [0.15, 0.2) is 28.8 Å². The summed E-state index contributed by atoms with van der Waals surface area (Å²) in [5.41, 5.74) is 4.59. The van der Waals surface area contributed by atoms with Gasteiger partial charge < -0.3 is 19.6 Å². The fraction of sp³-hybridized carbons (Fsp3) is 0.474. The van der Waals surface area contributed by atoms with Crippen molar-refractivity contribution in [2.24, 2.45) is 0 Å². The lowest BCUT2D eigenvalue weighted by molar-refractivity contribution is 0.196. The fourth-order valence-electron chi connectivity index (χ4n) is 3.15. The smallest absolute Gasteiger partial charge is 0.318 e. The van der Waals surface area contributed by atoms with E-state index in [-0.39, 0.29) is 6.03 Å². The molecule has 2 heterocycles. The number of hydrogen-bond donors (Lipinski definition) is 1. The molecule has 0 bridgehead atoms. The third kappa shape index (κ3) is 4.33. The van der Waals surface area contributed by atoms with Crippen LogP contribution < -0.4 is 10.2 Å². The van der Waals surface area contributed by atoms with E-state index in [1.54, 1.807) is 11.8 Å². The van der Waals surface area contributed by atoms with Gasteiger partial charge in [-0.05, 0) is 32.4 Å². The highest BCUT2D eigenvalue weighted by Gasteiger charge is 2.21. The number of nitrogens with zero attached hydrogens (tertiary/aromatic N) is 3. The predicted molar refractivity (Wildman–Crippen MR) is 106 cm³/mol. The standard InChI is InChI=1S/C19H26N4O2S/c1-14-6-4-5-7-18(14)22-8-10-23(11-9-22)19(24)20-13-26-12-17-15(2)21-25-16(17)3/h4-7H,8-13H2,1-3H3,(H,20,24). The van der Waals surface area contributed by atoms with E-state index in [4.69, 9.17) is 4.52 Å². The molecular formula is C19H26N4O2S. The Morgan fingerprint density at radius 2 is 1.92 bits per heavy atom. The summed E-state index contributed by atoms with van der Waals surface area (Å²) >= 11 is 1.66. The molecule has 7 heteroatoms. The molecule has 1 aromatic carbocycles. The van der Waals surface area contributed by atoms with Crippen LogP contribution in [-0.2, 0) is 5.75 Å². The van der Waals surface area contributed by atoms with Crippen LogP contribution in [-0.4, -0.2) is 48.1 Å². The number of urea groups is 1. The number of aromatic nitrogens is 1. The Kier molecular flexibility index (Phi) is 6.08. The molecule has 1 aliphatic rings. The van der Waals surface area contributed by atoms with E-state index in [2.05, 4.69) is 46.6 Å². The molecule has 2 aromatic rings. The van der Waals surface area contributed by atoms with Crippen LogP contribution in [0.4, 0.5) is 10.5 Å². The van der Waals surface area contributed by atoms with Crippen molar-refractivity contribution in [3.63, 3.8) is 0 Å². The highest BCUT2D eigenvalue weighted by Crippen LogP contribution is 2.21. The minimum atomic E-state index is 0.0145. The molecule has 1 aliphatic heterocycles. The molecule has 1 fully saturated rings. The molecule has 140 valence electrons. The summed E-state index contributed by atoms with van der Waals surface area (Å²) in [5.74, 6) is 2.23. The van der Waals surface area contributed by atoms with Crippen LogP contribution in [0.5, 0.6) is 0 Å². The number of thioether (sulfide) groups is 1. The zero-order valence-corrected chi connectivity index (χ0v) is 16.4. The lowest BCUT2D eigenvalue weighted by Crippen LogP contribution is -2.52. The molecule has 26 heavy (non-hydrogen) atoms. The fourth-order valence-corrected chi connectivity index (χ4v) is 4.10. The van der Waals surface area contributed by atoms with E-state index in [9.17, 15) is 4.79 Å². The van der Waals surface area contributed by atoms with Gasteiger partial charge >= 0.3 is 6.03 Å². The number of piperazine rings is 1. The maximum absolute atomic E-state index is 12.4. The number of carbonyl (C=O) groups is 1. The van der Waals surface area contributed by atoms with Crippen molar-refractivity contribution >= 4 is 23.5 Å². The second kappa shape index (κ2) is 8.49. The highest BCUT2D eigenvalue weighted by molar-refractivity contribution is 7.98. The minimum absolute atomic E-state index is 0.0145. The number of rotatable bonds is 5. The molecular weight excluding hydrogens is 348 g/mol. The number of nitrogens with one attached hydrogen (secondary N) is 1. The Labute approximate surface area is 158 Å². The van der Waals surface area contributed by atoms with Gasteiger partial charge in [-0.1, -0.05) is 23.4 Å². The molecule has 0 spiro atoms. The van der Waals surface area contributed by atoms with E-state index in [1.807, 2.05) is 18.7 Å². The number of para-hydroxylation sites is 1. The average Bonchev–Trinajstić information content (AvgIpc) is 2.97. The second-order valence-corrected chi connectivity index (χ2v) is 7.52. The zero-order chi connectivity index (χ0) is 18.5. The molecule has 6 nitrogen and oxygen atoms in total. The van der Waals surface area contributed by atoms with Crippen molar-refractivity contribution < 1.29 is 9.32 Å². The quantitative estimate of drug-likeness (QED) is 0.643. The van der Waals surface area contributed by atoms with Gasteiger partial charge in [-0.2, -0.15) is 0 Å². The molecule has 0 radical (unpaired) electrons. The maximum Gasteiger partial charge on any atom is 0.318 e. The van der Waals surface area contributed by atoms with Crippen molar-refractivity contribution in [2.45, 2.75) is 26.5 Å². The van der Waals surface area contributed by atoms with Crippen LogP contribution in [0.25, 0.3) is 0 Å². The topological polar surface area (TPSA) is 61.6 Å². The van der Waals surface area contributed by atoms with Gasteiger partial charge in [-0.25, -0.2) is 4.79 Å². The molecule has 1 N–H and O–H groups in total. The SMILES string of the molecule is Cc1ccccc1N1CCN(C(=O)NCSCc2c(C)noc2C)CC1. The Balaban J connectivity index is 1.41. The first-order chi connectivity index (χ1) is 12.6. The third-order valence-electron chi connectivity index (χ3n) is 4.78. The summed E-state index contributed by atoms with van der Waals surface area (Å²) in [4.78, 5) is 16.6. The zero-order valence-electron chi connectivity index (χ0n) is 15.6. The monoisotopic (exact) mass is 374 g/mol. The Hall–Kier alpha value is -2.15. The molecule has 2 amide bonds.